The predicted molar refractivity (Wildman–Crippen MR) is 80.6 cm³/mol. The molecule has 0 spiro atoms. The molecule has 0 bridgehead atoms. The van der Waals surface area contributed by atoms with Gasteiger partial charge in [0.15, 0.2) is 0 Å². The van der Waals surface area contributed by atoms with Gasteiger partial charge < -0.3 is 0 Å². The van der Waals surface area contributed by atoms with Crippen LogP contribution in [0.2, 0.25) is 0 Å². The molecule has 0 radical (unpaired) electrons. The quantitative estimate of drug-likeness (QED) is 0.577. The van der Waals surface area contributed by atoms with Gasteiger partial charge in [0.2, 0.25) is 0 Å². The van der Waals surface area contributed by atoms with E-state index in [-0.39, 0.29) is 0 Å². The van der Waals surface area contributed by atoms with Crippen molar-refractivity contribution in [1.82, 2.24) is 0 Å². The van der Waals surface area contributed by atoms with Crippen molar-refractivity contribution in [3.05, 3.63) is 48.0 Å². The van der Waals surface area contributed by atoms with Gasteiger partial charge in [0.1, 0.15) is 0 Å². The van der Waals surface area contributed by atoms with Crippen LogP contribution in [-0.2, 0) is 6.42 Å². The Bertz CT molecular complexity index is 401. The topological polar surface area (TPSA) is 0 Å². The first-order valence-electron chi connectivity index (χ1n) is 6.79. The second-order valence-corrected chi connectivity index (χ2v) is 3.74. The number of benzene rings is 2. The standard InChI is InChI=1S/C12H12.C3H8.C2H6/c1-2-10-7-8-11-5-3-4-6-12(11)9-10;1-3-2;1-2/h3-9H,2H2,1H3;3H2,1-2H3;1-2H3. The molecule has 0 unspecified atom stereocenters. The van der Waals surface area contributed by atoms with Gasteiger partial charge in [-0.1, -0.05) is 83.5 Å². The summed E-state index contributed by atoms with van der Waals surface area (Å²) in [6, 6.07) is 15.1. The van der Waals surface area contributed by atoms with Gasteiger partial charge in [-0.15, -0.1) is 0 Å². The van der Waals surface area contributed by atoms with Crippen LogP contribution in [0.15, 0.2) is 42.5 Å². The van der Waals surface area contributed by atoms with Gasteiger partial charge in [-0.25, -0.2) is 0 Å². The molecule has 0 saturated heterocycles. The third kappa shape index (κ3) is 5.53. The van der Waals surface area contributed by atoms with Crippen LogP contribution in [0.5, 0.6) is 0 Å². The van der Waals surface area contributed by atoms with Crippen LogP contribution in [-0.4, -0.2) is 0 Å². The Kier molecular flexibility index (Phi) is 9.14. The van der Waals surface area contributed by atoms with E-state index in [1.165, 1.54) is 22.8 Å². The smallest absolute Gasteiger partial charge is 0.0181 e. The van der Waals surface area contributed by atoms with E-state index in [0.717, 1.165) is 6.42 Å². The Morgan fingerprint density at radius 1 is 0.765 bits per heavy atom. The van der Waals surface area contributed by atoms with Crippen molar-refractivity contribution < 1.29 is 0 Å². The normalized spacial score (nSPS) is 8.76. The summed E-state index contributed by atoms with van der Waals surface area (Å²) in [5.41, 5.74) is 1.41. The summed E-state index contributed by atoms with van der Waals surface area (Å²) in [5, 5.41) is 2.67. The predicted octanol–water partition coefficient (Wildman–Crippen LogP) is 5.84. The van der Waals surface area contributed by atoms with Crippen molar-refractivity contribution in [2.45, 2.75) is 47.5 Å². The molecule has 94 valence electrons. The highest BCUT2D eigenvalue weighted by atomic mass is 14.0. The molecule has 2 aromatic carbocycles. The summed E-state index contributed by atoms with van der Waals surface area (Å²) in [6.45, 7) is 10.4. The fourth-order valence-corrected chi connectivity index (χ4v) is 1.46. The Balaban J connectivity index is 0.000000450. The maximum atomic E-state index is 2.26. The van der Waals surface area contributed by atoms with Crippen molar-refractivity contribution >= 4 is 10.8 Å². The van der Waals surface area contributed by atoms with E-state index in [0.29, 0.717) is 0 Å². The van der Waals surface area contributed by atoms with Gasteiger partial charge in [0.25, 0.3) is 0 Å². The summed E-state index contributed by atoms with van der Waals surface area (Å²) in [7, 11) is 0. The summed E-state index contributed by atoms with van der Waals surface area (Å²) in [5.74, 6) is 0. The molecule has 2 rings (SSSR count). The van der Waals surface area contributed by atoms with Crippen LogP contribution in [0, 0.1) is 0 Å². The third-order valence-electron chi connectivity index (χ3n) is 2.22. The number of rotatable bonds is 1. The SMILES string of the molecule is CC.CCC.CCc1ccc2ccccc2c1. The maximum absolute atomic E-state index is 2.26. The zero-order valence-corrected chi connectivity index (χ0v) is 12.0. The second kappa shape index (κ2) is 9.89. The minimum atomic E-state index is 1.12. The molecule has 0 saturated carbocycles. The molecule has 0 amide bonds. The summed E-state index contributed by atoms with van der Waals surface area (Å²) < 4.78 is 0. The van der Waals surface area contributed by atoms with Gasteiger partial charge in [-0.05, 0) is 22.8 Å². The number of aryl methyl sites for hydroxylation is 1. The molecule has 0 N–H and O–H groups in total. The highest BCUT2D eigenvalue weighted by Gasteiger charge is 1.92. The monoisotopic (exact) mass is 230 g/mol. The third-order valence-corrected chi connectivity index (χ3v) is 2.22. The van der Waals surface area contributed by atoms with Crippen molar-refractivity contribution in [3.8, 4) is 0 Å². The van der Waals surface area contributed by atoms with Gasteiger partial charge in [0, 0.05) is 0 Å². The Hall–Kier alpha value is -1.30. The van der Waals surface area contributed by atoms with Gasteiger partial charge in [0.05, 0.1) is 0 Å². The molecule has 0 aromatic heterocycles. The molecule has 0 heterocycles. The molecular weight excluding hydrogens is 204 g/mol. The van der Waals surface area contributed by atoms with Crippen LogP contribution in [0.25, 0.3) is 10.8 Å². The van der Waals surface area contributed by atoms with Gasteiger partial charge >= 0.3 is 0 Å². The van der Waals surface area contributed by atoms with E-state index < -0.39 is 0 Å². The van der Waals surface area contributed by atoms with Crippen LogP contribution >= 0.6 is 0 Å². The molecule has 0 aliphatic rings. The summed E-state index contributed by atoms with van der Waals surface area (Å²) in [4.78, 5) is 0. The van der Waals surface area contributed by atoms with E-state index >= 15 is 0 Å². The first-order valence-corrected chi connectivity index (χ1v) is 6.79. The lowest BCUT2D eigenvalue weighted by Gasteiger charge is -1.99. The summed E-state index contributed by atoms with van der Waals surface area (Å²) >= 11 is 0. The molecule has 0 aliphatic carbocycles. The first-order chi connectivity index (χ1) is 8.31. The molecule has 0 nitrogen and oxygen atoms in total. The molecule has 2 aromatic rings. The lowest BCUT2D eigenvalue weighted by Crippen LogP contribution is -1.79. The highest BCUT2D eigenvalue weighted by molar-refractivity contribution is 5.82. The van der Waals surface area contributed by atoms with E-state index in [1.807, 2.05) is 13.8 Å². The average molecular weight is 230 g/mol. The van der Waals surface area contributed by atoms with E-state index in [2.05, 4.69) is 63.2 Å². The minimum Gasteiger partial charge on any atom is -0.0683 e. The minimum absolute atomic E-state index is 1.12. The molecule has 17 heavy (non-hydrogen) atoms. The number of hydrogen-bond acceptors (Lipinski definition) is 0. The maximum Gasteiger partial charge on any atom is -0.0181 e. The fraction of sp³-hybridized carbons (Fsp3) is 0.412. The Morgan fingerprint density at radius 3 is 1.82 bits per heavy atom. The van der Waals surface area contributed by atoms with E-state index in [4.69, 9.17) is 0 Å². The Labute approximate surface area is 107 Å². The lowest BCUT2D eigenvalue weighted by atomic mass is 10.1. The van der Waals surface area contributed by atoms with Gasteiger partial charge in [-0.3, -0.25) is 0 Å². The van der Waals surface area contributed by atoms with Crippen LogP contribution in [0.1, 0.15) is 46.6 Å². The number of hydrogen-bond donors (Lipinski definition) is 0. The van der Waals surface area contributed by atoms with Crippen LogP contribution in [0.4, 0.5) is 0 Å². The lowest BCUT2D eigenvalue weighted by molar-refractivity contribution is 1.09. The Morgan fingerprint density at radius 2 is 1.29 bits per heavy atom. The van der Waals surface area contributed by atoms with E-state index in [1.54, 1.807) is 0 Å². The molecule has 0 aliphatic heterocycles. The molecule has 0 heteroatoms. The zero-order chi connectivity index (χ0) is 13.1. The molecule has 0 atom stereocenters. The zero-order valence-electron chi connectivity index (χ0n) is 12.0. The summed E-state index contributed by atoms with van der Waals surface area (Å²) in [6.07, 6.45) is 2.37. The highest BCUT2D eigenvalue weighted by Crippen LogP contribution is 2.15. The van der Waals surface area contributed by atoms with Gasteiger partial charge in [-0.2, -0.15) is 0 Å². The van der Waals surface area contributed by atoms with Crippen LogP contribution < -0.4 is 0 Å². The van der Waals surface area contributed by atoms with Crippen molar-refractivity contribution in [2.24, 2.45) is 0 Å². The fourth-order valence-electron chi connectivity index (χ4n) is 1.46. The largest absolute Gasteiger partial charge is 0.0683 e. The van der Waals surface area contributed by atoms with E-state index in [9.17, 15) is 0 Å². The number of fused-ring (bicyclic) bond motifs is 1. The van der Waals surface area contributed by atoms with Crippen LogP contribution in [0.3, 0.4) is 0 Å². The average Bonchev–Trinajstić information content (AvgIpc) is 2.41. The molecular formula is C17H26. The molecule has 0 fully saturated rings. The first kappa shape index (κ1) is 15.7. The van der Waals surface area contributed by atoms with Crippen molar-refractivity contribution in [2.75, 3.05) is 0 Å². The second-order valence-electron chi connectivity index (χ2n) is 3.74. The van der Waals surface area contributed by atoms with Crippen molar-refractivity contribution in [3.63, 3.8) is 0 Å². The van der Waals surface area contributed by atoms with Crippen molar-refractivity contribution in [1.29, 1.82) is 0 Å².